The van der Waals surface area contributed by atoms with E-state index in [2.05, 4.69) is 35.9 Å². The van der Waals surface area contributed by atoms with Crippen molar-refractivity contribution >= 4 is 38.9 Å². The van der Waals surface area contributed by atoms with E-state index in [4.69, 9.17) is 18.2 Å². The van der Waals surface area contributed by atoms with Crippen molar-refractivity contribution in [2.75, 3.05) is 18.0 Å². The topological polar surface area (TPSA) is 38.3 Å². The van der Waals surface area contributed by atoms with Gasteiger partial charge in [0.15, 0.2) is 0 Å². The summed E-state index contributed by atoms with van der Waals surface area (Å²) in [4.78, 5) is 5.82. The van der Waals surface area contributed by atoms with Crippen molar-refractivity contribution in [3.63, 3.8) is 0 Å². The molecular formula is C15H15BrClN5. The van der Waals surface area contributed by atoms with Crippen LogP contribution >= 0.6 is 27.5 Å². The highest BCUT2D eigenvalue weighted by Gasteiger charge is 2.26. The van der Waals surface area contributed by atoms with E-state index in [0.717, 1.165) is 41.9 Å². The number of hydrogen-bond acceptors (Lipinski definition) is 3. The van der Waals surface area contributed by atoms with Gasteiger partial charge in [0.1, 0.15) is 12.2 Å². The van der Waals surface area contributed by atoms with Gasteiger partial charge >= 0.3 is 0 Å². The summed E-state index contributed by atoms with van der Waals surface area (Å²) in [7, 11) is 1.98. The molecular weight excluding hydrogens is 366 g/mol. The van der Waals surface area contributed by atoms with E-state index in [-0.39, 0.29) is 0 Å². The molecule has 0 amide bonds. The quantitative estimate of drug-likeness (QED) is 0.734. The number of anilines is 1. The van der Waals surface area contributed by atoms with Crippen LogP contribution in [-0.2, 0) is 7.05 Å². The lowest BCUT2D eigenvalue weighted by atomic mass is 9.95. The summed E-state index contributed by atoms with van der Waals surface area (Å²) >= 11 is 9.76. The molecule has 114 valence electrons. The monoisotopic (exact) mass is 379 g/mol. The van der Waals surface area contributed by atoms with Crippen LogP contribution in [0.25, 0.3) is 4.85 Å². The first kappa shape index (κ1) is 15.3. The van der Waals surface area contributed by atoms with Gasteiger partial charge in [-0.25, -0.2) is 4.85 Å². The van der Waals surface area contributed by atoms with Crippen LogP contribution in [0.3, 0.4) is 0 Å². The zero-order valence-electron chi connectivity index (χ0n) is 12.1. The first-order valence-corrected chi connectivity index (χ1v) is 8.22. The molecule has 0 saturated carbocycles. The normalized spacial score (nSPS) is 15.8. The van der Waals surface area contributed by atoms with Gasteiger partial charge in [0.2, 0.25) is 5.69 Å². The van der Waals surface area contributed by atoms with Crippen LogP contribution in [0.1, 0.15) is 24.6 Å². The Morgan fingerprint density at radius 1 is 1.36 bits per heavy atom. The number of piperidine rings is 1. The Hall–Kier alpha value is -1.58. The number of hydrogen-bond donors (Lipinski definition) is 0. The standard InChI is InChI=1S/C15H15BrClN5/c1-18-13-8-11(16)7-12(17)14(13)22-5-3-10(4-6-22)15-20-19-9-21(15)2/h7-10H,3-6H2,2H3. The maximum absolute atomic E-state index is 7.38. The third-order valence-electron chi connectivity index (χ3n) is 4.05. The van der Waals surface area contributed by atoms with E-state index in [9.17, 15) is 0 Å². The average Bonchev–Trinajstić information content (AvgIpc) is 2.93. The Kier molecular flexibility index (Phi) is 4.37. The van der Waals surface area contributed by atoms with E-state index in [1.807, 2.05) is 23.7 Å². The Morgan fingerprint density at radius 2 is 2.09 bits per heavy atom. The maximum Gasteiger partial charge on any atom is 0.212 e. The predicted molar refractivity (Wildman–Crippen MR) is 90.6 cm³/mol. The fraction of sp³-hybridized carbons (Fsp3) is 0.400. The van der Waals surface area contributed by atoms with Gasteiger partial charge in [-0.3, -0.25) is 0 Å². The van der Waals surface area contributed by atoms with Gasteiger partial charge in [0.05, 0.1) is 17.3 Å². The summed E-state index contributed by atoms with van der Waals surface area (Å²) in [6, 6.07) is 3.67. The van der Waals surface area contributed by atoms with Crippen molar-refractivity contribution in [1.29, 1.82) is 0 Å². The zero-order chi connectivity index (χ0) is 15.7. The van der Waals surface area contributed by atoms with Crippen molar-refractivity contribution in [3.8, 4) is 0 Å². The van der Waals surface area contributed by atoms with E-state index >= 15 is 0 Å². The fourth-order valence-electron chi connectivity index (χ4n) is 2.97. The Bertz CT molecular complexity index is 728. The molecule has 0 unspecified atom stereocenters. The Morgan fingerprint density at radius 3 is 2.68 bits per heavy atom. The Labute approximate surface area is 142 Å². The van der Waals surface area contributed by atoms with Gasteiger partial charge in [0.25, 0.3) is 0 Å². The van der Waals surface area contributed by atoms with Gasteiger partial charge in [-0.2, -0.15) is 0 Å². The van der Waals surface area contributed by atoms with E-state index < -0.39 is 0 Å². The van der Waals surface area contributed by atoms with Crippen molar-refractivity contribution in [3.05, 3.63) is 45.2 Å². The molecule has 2 aromatic rings. The molecule has 7 heteroatoms. The molecule has 0 atom stereocenters. The van der Waals surface area contributed by atoms with Crippen molar-refractivity contribution in [1.82, 2.24) is 14.8 Å². The van der Waals surface area contributed by atoms with Gasteiger partial charge < -0.3 is 9.47 Å². The van der Waals surface area contributed by atoms with E-state index in [1.165, 1.54) is 0 Å². The summed E-state index contributed by atoms with van der Waals surface area (Å²) < 4.78 is 2.82. The van der Waals surface area contributed by atoms with Crippen LogP contribution in [0.15, 0.2) is 22.9 Å². The summed E-state index contributed by atoms with van der Waals surface area (Å²) in [5.41, 5.74) is 1.44. The van der Waals surface area contributed by atoms with Crippen molar-refractivity contribution in [2.45, 2.75) is 18.8 Å². The number of nitrogens with zero attached hydrogens (tertiary/aromatic N) is 5. The summed E-state index contributed by atoms with van der Waals surface area (Å²) in [5.74, 6) is 1.45. The highest BCUT2D eigenvalue weighted by molar-refractivity contribution is 9.10. The van der Waals surface area contributed by atoms with Gasteiger partial charge in [-0.1, -0.05) is 27.5 Å². The van der Waals surface area contributed by atoms with Crippen molar-refractivity contribution < 1.29 is 0 Å². The third-order valence-corrected chi connectivity index (χ3v) is 4.80. The van der Waals surface area contributed by atoms with Crippen LogP contribution in [0.2, 0.25) is 5.02 Å². The summed E-state index contributed by atoms with van der Waals surface area (Å²) in [6.45, 7) is 9.10. The largest absolute Gasteiger partial charge is 0.379 e. The Balaban J connectivity index is 1.80. The van der Waals surface area contributed by atoms with Gasteiger partial charge in [-0.15, -0.1) is 10.2 Å². The minimum absolute atomic E-state index is 0.411. The van der Waals surface area contributed by atoms with Crippen LogP contribution in [0.4, 0.5) is 11.4 Å². The first-order chi connectivity index (χ1) is 10.6. The van der Waals surface area contributed by atoms with Crippen molar-refractivity contribution in [2.24, 2.45) is 7.05 Å². The molecule has 0 radical (unpaired) electrons. The van der Waals surface area contributed by atoms with Crippen LogP contribution in [0.5, 0.6) is 0 Å². The minimum atomic E-state index is 0.411. The lowest BCUT2D eigenvalue weighted by molar-refractivity contribution is 0.474. The number of benzene rings is 1. The highest BCUT2D eigenvalue weighted by Crippen LogP contribution is 2.41. The second-order valence-corrected chi connectivity index (χ2v) is 6.75. The maximum atomic E-state index is 7.38. The molecule has 3 rings (SSSR count). The van der Waals surface area contributed by atoms with Crippen LogP contribution < -0.4 is 4.90 Å². The third kappa shape index (κ3) is 2.83. The van der Waals surface area contributed by atoms with E-state index in [0.29, 0.717) is 16.6 Å². The number of aromatic nitrogens is 3. The second-order valence-electron chi connectivity index (χ2n) is 5.43. The molecule has 0 bridgehead atoms. The lowest BCUT2D eigenvalue weighted by Crippen LogP contribution is -2.33. The van der Waals surface area contributed by atoms with Crippen LogP contribution in [-0.4, -0.2) is 27.9 Å². The van der Waals surface area contributed by atoms with Crippen LogP contribution in [0, 0.1) is 6.57 Å². The molecule has 0 N–H and O–H groups in total. The fourth-order valence-corrected chi connectivity index (χ4v) is 3.89. The first-order valence-electron chi connectivity index (χ1n) is 7.05. The molecule has 1 aliphatic heterocycles. The number of aryl methyl sites for hydroxylation is 1. The second kappa shape index (κ2) is 6.27. The summed E-state index contributed by atoms with van der Waals surface area (Å²) in [6.07, 6.45) is 3.71. The molecule has 0 spiro atoms. The lowest BCUT2D eigenvalue weighted by Gasteiger charge is -2.34. The molecule has 1 saturated heterocycles. The molecule has 22 heavy (non-hydrogen) atoms. The minimum Gasteiger partial charge on any atom is -0.379 e. The molecule has 1 aromatic carbocycles. The molecule has 1 fully saturated rings. The number of halogens is 2. The molecule has 5 nitrogen and oxygen atoms in total. The predicted octanol–water partition coefficient (Wildman–Crippen LogP) is 4.17. The smallest absolute Gasteiger partial charge is 0.212 e. The molecule has 1 aromatic heterocycles. The summed E-state index contributed by atoms with van der Waals surface area (Å²) in [5, 5.41) is 8.79. The average molecular weight is 381 g/mol. The van der Waals surface area contributed by atoms with E-state index in [1.54, 1.807) is 6.33 Å². The molecule has 0 aliphatic carbocycles. The zero-order valence-corrected chi connectivity index (χ0v) is 14.5. The highest BCUT2D eigenvalue weighted by atomic mass is 79.9. The van der Waals surface area contributed by atoms with Gasteiger partial charge in [-0.05, 0) is 25.0 Å². The molecule has 2 heterocycles. The molecule has 1 aliphatic rings. The van der Waals surface area contributed by atoms with Gasteiger partial charge in [0, 0.05) is 30.5 Å². The number of rotatable bonds is 2. The SMILES string of the molecule is [C-]#[N+]c1cc(Br)cc(Cl)c1N1CCC(c2nncn2C)CC1.